The Balaban J connectivity index is 2.36. The quantitative estimate of drug-likeness (QED) is 0.663. The van der Waals surface area contributed by atoms with Gasteiger partial charge >= 0.3 is 0 Å². The maximum atomic E-state index is 10.4. The van der Waals surface area contributed by atoms with Crippen molar-refractivity contribution >= 4 is 45.2 Å². The number of halogens is 2. The predicted octanol–water partition coefficient (Wildman–Crippen LogP) is 2.56. The van der Waals surface area contributed by atoms with Crippen LogP contribution in [0.2, 0.25) is 0 Å². The molecular weight excluding hydrogens is 472 g/mol. The van der Waals surface area contributed by atoms with E-state index in [1.165, 1.54) is 0 Å². The number of aliphatic hydroxyl groups is 1. The van der Waals surface area contributed by atoms with Gasteiger partial charge in [-0.25, -0.2) is 4.98 Å². The van der Waals surface area contributed by atoms with E-state index in [1.807, 2.05) is 17.6 Å². The molecule has 7 heteroatoms. The first-order valence-corrected chi connectivity index (χ1v) is 7.88. The Morgan fingerprint density at radius 1 is 1.47 bits per heavy atom. The molecule has 0 saturated heterocycles. The SMILES string of the molecule is CCOCn1c(C(O)c2cccnc2)nc(I)c1I. The summed E-state index contributed by atoms with van der Waals surface area (Å²) in [5.41, 5.74) is 0.720. The zero-order chi connectivity index (χ0) is 13.8. The Hall–Kier alpha value is -0.260. The van der Waals surface area contributed by atoms with Crippen LogP contribution in [0.5, 0.6) is 0 Å². The summed E-state index contributed by atoms with van der Waals surface area (Å²) in [5, 5.41) is 10.4. The van der Waals surface area contributed by atoms with Gasteiger partial charge < -0.3 is 9.84 Å². The van der Waals surface area contributed by atoms with Crippen LogP contribution in [0.25, 0.3) is 0 Å². The number of pyridine rings is 1. The molecule has 0 amide bonds. The molecule has 0 fully saturated rings. The molecule has 2 aromatic heterocycles. The summed E-state index contributed by atoms with van der Waals surface area (Å²) in [7, 11) is 0. The highest BCUT2D eigenvalue weighted by Gasteiger charge is 2.21. The van der Waals surface area contributed by atoms with Crippen LogP contribution in [0, 0.1) is 7.40 Å². The van der Waals surface area contributed by atoms with Crippen molar-refractivity contribution in [1.29, 1.82) is 0 Å². The lowest BCUT2D eigenvalue weighted by Crippen LogP contribution is -2.13. The van der Waals surface area contributed by atoms with Crippen molar-refractivity contribution in [3.8, 4) is 0 Å². The van der Waals surface area contributed by atoms with Gasteiger partial charge in [0, 0.05) is 24.6 Å². The van der Waals surface area contributed by atoms with Gasteiger partial charge in [0.15, 0.2) is 0 Å². The van der Waals surface area contributed by atoms with Gasteiger partial charge in [0.25, 0.3) is 0 Å². The normalized spacial score (nSPS) is 12.6. The molecule has 0 aliphatic carbocycles. The molecule has 2 rings (SSSR count). The van der Waals surface area contributed by atoms with Crippen molar-refractivity contribution < 1.29 is 9.84 Å². The van der Waals surface area contributed by atoms with E-state index in [0.717, 1.165) is 13.0 Å². The molecule has 0 aliphatic rings. The van der Waals surface area contributed by atoms with Gasteiger partial charge in [0.05, 0.1) is 0 Å². The first kappa shape index (κ1) is 15.1. The molecule has 0 radical (unpaired) electrons. The van der Waals surface area contributed by atoms with Crippen molar-refractivity contribution in [3.05, 3.63) is 43.3 Å². The van der Waals surface area contributed by atoms with Crippen LogP contribution in [-0.4, -0.2) is 26.2 Å². The van der Waals surface area contributed by atoms with E-state index >= 15 is 0 Å². The summed E-state index contributed by atoms with van der Waals surface area (Å²) < 4.78 is 9.13. The van der Waals surface area contributed by atoms with Crippen molar-refractivity contribution in [2.24, 2.45) is 0 Å². The Morgan fingerprint density at radius 2 is 2.26 bits per heavy atom. The van der Waals surface area contributed by atoms with Gasteiger partial charge in [0.2, 0.25) is 0 Å². The van der Waals surface area contributed by atoms with Gasteiger partial charge in [-0.05, 0) is 58.2 Å². The third kappa shape index (κ3) is 3.44. The molecule has 0 aromatic carbocycles. The van der Waals surface area contributed by atoms with E-state index in [0.29, 0.717) is 19.2 Å². The summed E-state index contributed by atoms with van der Waals surface area (Å²) in [6, 6.07) is 3.63. The second kappa shape index (κ2) is 6.95. The number of imidazole rings is 1. The molecule has 1 N–H and O–H groups in total. The Labute approximate surface area is 138 Å². The summed E-state index contributed by atoms with van der Waals surface area (Å²) in [4.78, 5) is 8.44. The highest BCUT2D eigenvalue weighted by Crippen LogP contribution is 2.25. The second-order valence-corrected chi connectivity index (χ2v) is 5.83. The van der Waals surface area contributed by atoms with Crippen molar-refractivity contribution in [2.45, 2.75) is 19.8 Å². The first-order chi connectivity index (χ1) is 9.15. The molecule has 2 heterocycles. The zero-order valence-corrected chi connectivity index (χ0v) is 14.6. The lowest BCUT2D eigenvalue weighted by atomic mass is 10.1. The van der Waals surface area contributed by atoms with E-state index in [2.05, 4.69) is 55.1 Å². The Bertz CT molecular complexity index is 545. The predicted molar refractivity (Wildman–Crippen MR) is 87.6 cm³/mol. The van der Waals surface area contributed by atoms with Crippen LogP contribution in [0.3, 0.4) is 0 Å². The summed E-state index contributed by atoms with van der Waals surface area (Å²) in [6.45, 7) is 2.94. The highest BCUT2D eigenvalue weighted by molar-refractivity contribution is 14.1. The zero-order valence-electron chi connectivity index (χ0n) is 10.3. The minimum absolute atomic E-state index is 0.386. The topological polar surface area (TPSA) is 60.2 Å². The van der Waals surface area contributed by atoms with Gasteiger partial charge in [0.1, 0.15) is 26.1 Å². The number of hydrogen-bond donors (Lipinski definition) is 1. The van der Waals surface area contributed by atoms with Crippen LogP contribution >= 0.6 is 45.2 Å². The summed E-state index contributed by atoms with van der Waals surface area (Å²) in [5.74, 6) is 0.579. The molecule has 102 valence electrons. The van der Waals surface area contributed by atoms with Gasteiger partial charge in [-0.15, -0.1) is 0 Å². The molecule has 1 unspecified atom stereocenters. The molecular formula is C12H13I2N3O2. The van der Waals surface area contributed by atoms with E-state index in [1.54, 1.807) is 18.5 Å². The third-order valence-corrected chi connectivity index (χ3v) is 5.44. The second-order valence-electron chi connectivity index (χ2n) is 3.79. The van der Waals surface area contributed by atoms with Crippen LogP contribution in [-0.2, 0) is 11.5 Å². The molecule has 0 aliphatic heterocycles. The van der Waals surface area contributed by atoms with Crippen molar-refractivity contribution in [2.75, 3.05) is 6.61 Å². The van der Waals surface area contributed by atoms with E-state index < -0.39 is 6.10 Å². The summed E-state index contributed by atoms with van der Waals surface area (Å²) in [6.07, 6.45) is 2.52. The maximum Gasteiger partial charge on any atom is 0.146 e. The number of rotatable bonds is 5. The fourth-order valence-electron chi connectivity index (χ4n) is 1.62. The van der Waals surface area contributed by atoms with Crippen LogP contribution in [0.1, 0.15) is 24.4 Å². The van der Waals surface area contributed by atoms with E-state index in [9.17, 15) is 5.11 Å². The monoisotopic (exact) mass is 485 g/mol. The van der Waals surface area contributed by atoms with Crippen molar-refractivity contribution in [1.82, 2.24) is 14.5 Å². The number of nitrogens with zero attached hydrogens (tertiary/aromatic N) is 3. The molecule has 1 atom stereocenters. The Kier molecular flexibility index (Phi) is 5.54. The standard InChI is InChI=1S/C12H13I2N3O2/c1-2-19-7-17-11(14)10(13)16-12(17)9(18)8-4-3-5-15-6-8/h3-6,9,18H,2,7H2,1H3. The summed E-state index contributed by atoms with van der Waals surface area (Å²) >= 11 is 4.36. The number of hydrogen-bond acceptors (Lipinski definition) is 4. The number of aromatic nitrogens is 3. The average Bonchev–Trinajstić information content (AvgIpc) is 2.73. The van der Waals surface area contributed by atoms with E-state index in [-0.39, 0.29) is 0 Å². The molecule has 5 nitrogen and oxygen atoms in total. The fraction of sp³-hybridized carbons (Fsp3) is 0.333. The van der Waals surface area contributed by atoms with Gasteiger partial charge in [-0.1, -0.05) is 6.07 Å². The minimum Gasteiger partial charge on any atom is -0.380 e. The molecule has 2 aromatic rings. The highest BCUT2D eigenvalue weighted by atomic mass is 127. The number of ether oxygens (including phenoxy) is 1. The first-order valence-electron chi connectivity index (χ1n) is 5.72. The van der Waals surface area contributed by atoms with Gasteiger partial charge in [-0.2, -0.15) is 0 Å². The Morgan fingerprint density at radius 3 is 2.89 bits per heavy atom. The van der Waals surface area contributed by atoms with Crippen molar-refractivity contribution in [3.63, 3.8) is 0 Å². The van der Waals surface area contributed by atoms with Crippen LogP contribution < -0.4 is 0 Å². The smallest absolute Gasteiger partial charge is 0.146 e. The maximum absolute atomic E-state index is 10.4. The number of aliphatic hydroxyl groups excluding tert-OH is 1. The third-order valence-electron chi connectivity index (χ3n) is 2.57. The van der Waals surface area contributed by atoms with E-state index in [4.69, 9.17) is 4.74 Å². The molecule has 0 bridgehead atoms. The molecule has 0 spiro atoms. The van der Waals surface area contributed by atoms with Crippen LogP contribution in [0.15, 0.2) is 24.5 Å². The average molecular weight is 485 g/mol. The molecule has 0 saturated carbocycles. The molecule has 19 heavy (non-hydrogen) atoms. The fourth-order valence-corrected chi connectivity index (χ4v) is 2.67. The van der Waals surface area contributed by atoms with Gasteiger partial charge in [-0.3, -0.25) is 9.55 Å². The lowest BCUT2D eigenvalue weighted by Gasteiger charge is -2.13. The minimum atomic E-state index is -0.800. The van der Waals surface area contributed by atoms with Crippen LogP contribution in [0.4, 0.5) is 0 Å². The largest absolute Gasteiger partial charge is 0.380 e. The lowest BCUT2D eigenvalue weighted by molar-refractivity contribution is 0.0775.